The Morgan fingerprint density at radius 3 is 2.79 bits per heavy atom. The van der Waals surface area contributed by atoms with Crippen LogP contribution in [0.2, 0.25) is 0 Å². The second kappa shape index (κ2) is 4.12. The fourth-order valence-electron chi connectivity index (χ4n) is 2.52. The topological polar surface area (TPSA) is 61.1 Å². The summed E-state index contributed by atoms with van der Waals surface area (Å²) in [5.41, 5.74) is 11.2. The van der Waals surface area contributed by atoms with E-state index in [-0.39, 0.29) is 0 Å². The molecule has 0 aliphatic carbocycles. The lowest BCUT2D eigenvalue weighted by molar-refractivity contribution is 0.767. The van der Waals surface area contributed by atoms with Gasteiger partial charge in [0.2, 0.25) is 0 Å². The third-order valence-electron chi connectivity index (χ3n) is 3.38. The van der Waals surface area contributed by atoms with Crippen LogP contribution in [-0.2, 0) is 6.54 Å². The van der Waals surface area contributed by atoms with Crippen molar-refractivity contribution in [2.75, 3.05) is 5.73 Å². The van der Waals surface area contributed by atoms with Gasteiger partial charge >= 0.3 is 0 Å². The van der Waals surface area contributed by atoms with Gasteiger partial charge < -0.3 is 10.3 Å². The predicted octanol–water partition coefficient (Wildman–Crippen LogP) is 2.42. The second-order valence-corrected chi connectivity index (χ2v) is 4.78. The van der Waals surface area contributed by atoms with Crippen molar-refractivity contribution in [3.05, 3.63) is 35.9 Å². The molecule has 3 heterocycles. The first-order valence-corrected chi connectivity index (χ1v) is 6.37. The molecule has 0 saturated heterocycles. The third-order valence-corrected chi connectivity index (χ3v) is 3.38. The minimum atomic E-state index is 0.669. The lowest BCUT2D eigenvalue weighted by Gasteiger charge is -2.04. The van der Waals surface area contributed by atoms with Crippen LogP contribution in [0.25, 0.3) is 17.0 Å². The van der Waals surface area contributed by atoms with E-state index in [0.29, 0.717) is 5.82 Å². The maximum atomic E-state index is 6.26. The number of hydrogen-bond donors (Lipinski definition) is 1. The molecule has 5 nitrogen and oxygen atoms in total. The zero-order chi connectivity index (χ0) is 13.6. The molecule has 0 amide bonds. The van der Waals surface area contributed by atoms with Crippen LogP contribution in [0.1, 0.15) is 18.2 Å². The number of imidazole rings is 2. The fourth-order valence-corrected chi connectivity index (χ4v) is 2.52. The van der Waals surface area contributed by atoms with E-state index < -0.39 is 0 Å². The molecule has 0 atom stereocenters. The number of nitrogens with two attached hydrogens (primary N) is 1. The molecule has 0 aliphatic rings. The summed E-state index contributed by atoms with van der Waals surface area (Å²) in [5, 5.41) is 0. The standard InChI is InChI=1S/C14H17N5/c1-4-18-8-16-7-11(18)13-14(15)19-10(3)5-9(2)6-12(19)17-13/h5-8H,4,15H2,1-3H3. The smallest absolute Gasteiger partial charge is 0.139 e. The van der Waals surface area contributed by atoms with E-state index in [1.54, 1.807) is 6.33 Å². The first kappa shape index (κ1) is 11.8. The SMILES string of the molecule is CCn1cncc1-c1nc2cc(C)cc(C)n2c1N. The normalized spacial score (nSPS) is 11.3. The predicted molar refractivity (Wildman–Crippen MR) is 76.0 cm³/mol. The highest BCUT2D eigenvalue weighted by molar-refractivity contribution is 5.73. The zero-order valence-corrected chi connectivity index (χ0v) is 11.4. The molecular formula is C14H17N5. The quantitative estimate of drug-likeness (QED) is 0.765. The Bertz CT molecular complexity index is 751. The van der Waals surface area contributed by atoms with Crippen LogP contribution in [0.15, 0.2) is 24.7 Å². The maximum absolute atomic E-state index is 6.26. The van der Waals surface area contributed by atoms with Gasteiger partial charge in [-0.25, -0.2) is 9.97 Å². The first-order chi connectivity index (χ1) is 9.11. The lowest BCUT2D eigenvalue weighted by Crippen LogP contribution is -2.00. The van der Waals surface area contributed by atoms with Crippen molar-refractivity contribution in [3.63, 3.8) is 0 Å². The Labute approximate surface area is 111 Å². The Hall–Kier alpha value is -2.30. The zero-order valence-electron chi connectivity index (χ0n) is 11.4. The highest BCUT2D eigenvalue weighted by Gasteiger charge is 2.15. The molecule has 3 aromatic heterocycles. The number of rotatable bonds is 2. The van der Waals surface area contributed by atoms with Gasteiger partial charge in [0.05, 0.1) is 18.2 Å². The minimum absolute atomic E-state index is 0.669. The highest BCUT2D eigenvalue weighted by atomic mass is 15.1. The van der Waals surface area contributed by atoms with Gasteiger partial charge in [-0.05, 0) is 38.5 Å². The molecule has 0 saturated carbocycles. The molecule has 3 aromatic rings. The molecule has 0 radical (unpaired) electrons. The average molecular weight is 255 g/mol. The molecule has 0 fully saturated rings. The number of aryl methyl sites for hydroxylation is 3. The lowest BCUT2D eigenvalue weighted by atomic mass is 10.2. The second-order valence-electron chi connectivity index (χ2n) is 4.78. The van der Waals surface area contributed by atoms with Crippen molar-refractivity contribution in [1.29, 1.82) is 0 Å². The van der Waals surface area contributed by atoms with Crippen LogP contribution in [0.3, 0.4) is 0 Å². The number of pyridine rings is 1. The summed E-state index contributed by atoms with van der Waals surface area (Å²) in [6, 6.07) is 4.14. The van der Waals surface area contributed by atoms with E-state index in [1.165, 1.54) is 5.56 Å². The van der Waals surface area contributed by atoms with Gasteiger partial charge in [0, 0.05) is 12.2 Å². The van der Waals surface area contributed by atoms with Crippen LogP contribution in [0.4, 0.5) is 5.82 Å². The summed E-state index contributed by atoms with van der Waals surface area (Å²) in [6.07, 6.45) is 3.61. The van der Waals surface area contributed by atoms with Crippen molar-refractivity contribution in [2.45, 2.75) is 27.3 Å². The third kappa shape index (κ3) is 1.69. The van der Waals surface area contributed by atoms with Crippen molar-refractivity contribution in [2.24, 2.45) is 0 Å². The molecule has 98 valence electrons. The van der Waals surface area contributed by atoms with E-state index in [4.69, 9.17) is 5.73 Å². The number of hydrogen-bond acceptors (Lipinski definition) is 3. The maximum Gasteiger partial charge on any atom is 0.139 e. The summed E-state index contributed by atoms with van der Waals surface area (Å²) < 4.78 is 4.02. The summed E-state index contributed by atoms with van der Waals surface area (Å²) >= 11 is 0. The Morgan fingerprint density at radius 1 is 1.26 bits per heavy atom. The Balaban J connectivity index is 2.32. The van der Waals surface area contributed by atoms with Gasteiger partial charge in [-0.1, -0.05) is 0 Å². The molecule has 0 unspecified atom stereocenters. The van der Waals surface area contributed by atoms with E-state index >= 15 is 0 Å². The van der Waals surface area contributed by atoms with Crippen LogP contribution in [-0.4, -0.2) is 18.9 Å². The van der Waals surface area contributed by atoms with Crippen molar-refractivity contribution < 1.29 is 0 Å². The van der Waals surface area contributed by atoms with E-state index in [2.05, 4.69) is 29.9 Å². The Morgan fingerprint density at radius 2 is 2.05 bits per heavy atom. The molecule has 0 aromatic carbocycles. The first-order valence-electron chi connectivity index (χ1n) is 6.37. The van der Waals surface area contributed by atoms with E-state index in [1.807, 2.05) is 28.2 Å². The summed E-state index contributed by atoms with van der Waals surface area (Å²) in [6.45, 7) is 7.03. The van der Waals surface area contributed by atoms with Gasteiger partial charge in [-0.3, -0.25) is 4.40 Å². The molecule has 5 heteroatoms. The van der Waals surface area contributed by atoms with Gasteiger partial charge in [-0.2, -0.15) is 0 Å². The highest BCUT2D eigenvalue weighted by Crippen LogP contribution is 2.27. The number of aromatic nitrogens is 4. The van der Waals surface area contributed by atoms with Crippen molar-refractivity contribution in [1.82, 2.24) is 18.9 Å². The molecule has 19 heavy (non-hydrogen) atoms. The van der Waals surface area contributed by atoms with Crippen LogP contribution in [0, 0.1) is 13.8 Å². The minimum Gasteiger partial charge on any atom is -0.383 e. The molecule has 2 N–H and O–H groups in total. The molecule has 0 aliphatic heterocycles. The summed E-state index contributed by atoms with van der Waals surface area (Å²) in [7, 11) is 0. The largest absolute Gasteiger partial charge is 0.383 e. The monoisotopic (exact) mass is 255 g/mol. The number of nitrogens with zero attached hydrogens (tertiary/aromatic N) is 4. The Kier molecular flexibility index (Phi) is 2.55. The summed E-state index contributed by atoms with van der Waals surface area (Å²) in [4.78, 5) is 8.84. The van der Waals surface area contributed by atoms with E-state index in [0.717, 1.165) is 29.3 Å². The van der Waals surface area contributed by atoms with Crippen LogP contribution in [0.5, 0.6) is 0 Å². The molecule has 0 spiro atoms. The van der Waals surface area contributed by atoms with Gasteiger partial charge in [0.1, 0.15) is 17.2 Å². The number of fused-ring (bicyclic) bond motifs is 1. The molecule has 3 rings (SSSR count). The van der Waals surface area contributed by atoms with Crippen LogP contribution >= 0.6 is 0 Å². The number of nitrogen functional groups attached to an aromatic ring is 1. The molecular weight excluding hydrogens is 238 g/mol. The van der Waals surface area contributed by atoms with Crippen molar-refractivity contribution >= 4 is 11.5 Å². The van der Waals surface area contributed by atoms with Crippen molar-refractivity contribution in [3.8, 4) is 11.4 Å². The average Bonchev–Trinajstić information content (AvgIpc) is 2.93. The number of anilines is 1. The molecule has 0 bridgehead atoms. The van der Waals surface area contributed by atoms with Gasteiger partial charge in [0.25, 0.3) is 0 Å². The summed E-state index contributed by atoms with van der Waals surface area (Å²) in [5.74, 6) is 0.669. The van der Waals surface area contributed by atoms with Gasteiger partial charge in [-0.15, -0.1) is 0 Å². The fraction of sp³-hybridized carbons (Fsp3) is 0.286. The van der Waals surface area contributed by atoms with Crippen LogP contribution < -0.4 is 5.73 Å². The van der Waals surface area contributed by atoms with E-state index in [9.17, 15) is 0 Å². The van der Waals surface area contributed by atoms with Gasteiger partial charge in [0.15, 0.2) is 0 Å².